The zero-order valence-corrected chi connectivity index (χ0v) is 14.1. The molecule has 0 saturated heterocycles. The van der Waals surface area contributed by atoms with Gasteiger partial charge in [-0.3, -0.25) is 4.57 Å². The molecular weight excluding hydrogens is 350 g/mol. The van der Waals surface area contributed by atoms with Gasteiger partial charge in [-0.15, -0.1) is 10.1 Å². The van der Waals surface area contributed by atoms with E-state index >= 15 is 0 Å². The molecule has 0 atom stereocenters. The summed E-state index contributed by atoms with van der Waals surface area (Å²) in [5.41, 5.74) is 1.87. The molecule has 0 unspecified atom stereocenters. The number of imidazole rings is 1. The summed E-state index contributed by atoms with van der Waals surface area (Å²) in [5.74, 6) is 0. The fraction of sp³-hybridized carbons (Fsp3) is 0.267. The van der Waals surface area contributed by atoms with Gasteiger partial charge in [0.25, 0.3) is 6.01 Å². The first-order valence-electron chi connectivity index (χ1n) is 6.61. The molecule has 0 saturated carbocycles. The number of hydrogen-bond acceptors (Lipinski definition) is 4. The van der Waals surface area contributed by atoms with Crippen LogP contribution in [0, 0.1) is 15.5 Å². The van der Waals surface area contributed by atoms with Crippen LogP contribution < -0.4 is 4.84 Å². The average Bonchev–Trinajstić information content (AvgIpc) is 2.82. The van der Waals surface area contributed by atoms with E-state index in [-0.39, 0.29) is 11.4 Å². The molecule has 2 rings (SSSR count). The molecule has 0 radical (unpaired) electrons. The van der Waals surface area contributed by atoms with Crippen LogP contribution in [0.3, 0.4) is 0 Å². The van der Waals surface area contributed by atoms with E-state index in [2.05, 4.69) is 46.5 Å². The molecule has 2 aromatic rings. The molecule has 1 heterocycles. The van der Waals surface area contributed by atoms with Crippen LogP contribution in [0.4, 0.5) is 0 Å². The summed E-state index contributed by atoms with van der Waals surface area (Å²) in [6, 6.07) is 7.82. The molecule has 1 aromatic carbocycles. The largest absolute Gasteiger partial charge is 0.302 e. The topological polar surface area (TPSA) is 70.2 Å². The van der Waals surface area contributed by atoms with Crippen LogP contribution in [0.1, 0.15) is 26.3 Å². The second-order valence-corrected chi connectivity index (χ2v) is 6.65. The molecule has 22 heavy (non-hydrogen) atoms. The molecule has 0 aliphatic rings. The minimum atomic E-state index is -0.872. The number of nitrogens with zero attached hydrogens (tertiary/aromatic N) is 3. The van der Waals surface area contributed by atoms with E-state index in [0.29, 0.717) is 0 Å². The summed E-state index contributed by atoms with van der Waals surface area (Å²) in [6.07, 6.45) is 4.87. The zero-order valence-electron chi connectivity index (χ0n) is 12.5. The van der Waals surface area contributed by atoms with Gasteiger partial charge < -0.3 is 0 Å². The van der Waals surface area contributed by atoms with Crippen LogP contribution in [0.15, 0.2) is 41.1 Å². The first-order chi connectivity index (χ1) is 10.3. The van der Waals surface area contributed by atoms with Crippen molar-refractivity contribution < 1.29 is 9.92 Å². The SMILES string of the molecule is CC(C)(C)/C(=C\n1ccnc1O[N+](=O)[O-])c1ccc(Br)cc1. The number of rotatable bonds is 4. The lowest BCUT2D eigenvalue weighted by Gasteiger charge is -2.24. The van der Waals surface area contributed by atoms with Gasteiger partial charge in [-0.25, -0.2) is 9.82 Å². The summed E-state index contributed by atoms with van der Waals surface area (Å²) in [6.45, 7) is 6.23. The lowest BCUT2D eigenvalue weighted by molar-refractivity contribution is -0.713. The van der Waals surface area contributed by atoms with Crippen molar-refractivity contribution in [3.63, 3.8) is 0 Å². The Balaban J connectivity index is 2.48. The average molecular weight is 366 g/mol. The van der Waals surface area contributed by atoms with Crippen molar-refractivity contribution in [2.24, 2.45) is 5.41 Å². The molecule has 0 fully saturated rings. The highest BCUT2D eigenvalue weighted by Gasteiger charge is 2.20. The summed E-state index contributed by atoms with van der Waals surface area (Å²) < 4.78 is 2.50. The number of benzene rings is 1. The van der Waals surface area contributed by atoms with Gasteiger partial charge in [0.05, 0.1) is 0 Å². The smallest absolute Gasteiger partial charge is 0.288 e. The third kappa shape index (κ3) is 3.94. The molecule has 0 aliphatic carbocycles. The first kappa shape index (κ1) is 16.2. The molecular formula is C15H16BrN3O3. The Labute approximate surface area is 136 Å². The summed E-state index contributed by atoms with van der Waals surface area (Å²) in [5, 5.41) is 9.64. The molecule has 0 N–H and O–H groups in total. The first-order valence-corrected chi connectivity index (χ1v) is 7.40. The minimum Gasteiger partial charge on any atom is -0.288 e. The Morgan fingerprint density at radius 2 is 2.00 bits per heavy atom. The molecule has 0 amide bonds. The van der Waals surface area contributed by atoms with Gasteiger partial charge in [-0.2, -0.15) is 0 Å². The maximum atomic E-state index is 10.5. The van der Waals surface area contributed by atoms with Crippen molar-refractivity contribution in [2.75, 3.05) is 0 Å². The minimum absolute atomic E-state index is 0.0798. The molecule has 6 nitrogen and oxygen atoms in total. The summed E-state index contributed by atoms with van der Waals surface area (Å²) >= 11 is 3.41. The van der Waals surface area contributed by atoms with E-state index in [1.54, 1.807) is 12.4 Å². The van der Waals surface area contributed by atoms with Crippen molar-refractivity contribution in [1.29, 1.82) is 0 Å². The monoisotopic (exact) mass is 365 g/mol. The van der Waals surface area contributed by atoms with E-state index < -0.39 is 5.09 Å². The quantitative estimate of drug-likeness (QED) is 0.599. The lowest BCUT2D eigenvalue weighted by atomic mass is 9.83. The Bertz CT molecular complexity index is 700. The number of hydrogen-bond donors (Lipinski definition) is 0. The van der Waals surface area contributed by atoms with Crippen molar-refractivity contribution in [2.45, 2.75) is 20.8 Å². The summed E-state index contributed by atoms with van der Waals surface area (Å²) in [4.78, 5) is 18.8. The maximum absolute atomic E-state index is 10.5. The van der Waals surface area contributed by atoms with Crippen LogP contribution in [0.25, 0.3) is 11.8 Å². The third-order valence-corrected chi connectivity index (χ3v) is 3.55. The Hall–Kier alpha value is -2.15. The maximum Gasteiger partial charge on any atom is 0.302 e. The van der Waals surface area contributed by atoms with Crippen LogP contribution in [0.5, 0.6) is 6.01 Å². The van der Waals surface area contributed by atoms with Gasteiger partial charge >= 0.3 is 5.09 Å². The molecule has 0 bridgehead atoms. The molecule has 0 spiro atoms. The van der Waals surface area contributed by atoms with Crippen molar-refractivity contribution in [3.8, 4) is 6.01 Å². The van der Waals surface area contributed by atoms with Gasteiger partial charge in [0.1, 0.15) is 0 Å². The van der Waals surface area contributed by atoms with Crippen molar-refractivity contribution in [3.05, 3.63) is 56.8 Å². The predicted molar refractivity (Wildman–Crippen MR) is 87.6 cm³/mol. The fourth-order valence-corrected chi connectivity index (χ4v) is 2.27. The zero-order chi connectivity index (χ0) is 16.3. The van der Waals surface area contributed by atoms with Gasteiger partial charge in [-0.05, 0) is 28.7 Å². The second-order valence-electron chi connectivity index (χ2n) is 5.73. The highest BCUT2D eigenvalue weighted by atomic mass is 79.9. The Morgan fingerprint density at radius 1 is 1.36 bits per heavy atom. The molecule has 1 aromatic heterocycles. The fourth-order valence-electron chi connectivity index (χ4n) is 2.00. The van der Waals surface area contributed by atoms with Crippen LogP contribution in [0.2, 0.25) is 0 Å². The summed E-state index contributed by atoms with van der Waals surface area (Å²) in [7, 11) is 0. The highest BCUT2D eigenvalue weighted by molar-refractivity contribution is 9.10. The van der Waals surface area contributed by atoms with E-state index in [4.69, 9.17) is 0 Å². The Kier molecular flexibility index (Phi) is 4.65. The molecule has 116 valence electrons. The molecule has 0 aliphatic heterocycles. The highest BCUT2D eigenvalue weighted by Crippen LogP contribution is 2.35. The third-order valence-electron chi connectivity index (χ3n) is 3.02. The number of allylic oxidation sites excluding steroid dienone is 1. The van der Waals surface area contributed by atoms with Crippen LogP contribution in [-0.4, -0.2) is 14.6 Å². The predicted octanol–water partition coefficient (Wildman–Crippen LogP) is 4.26. The van der Waals surface area contributed by atoms with Gasteiger partial charge in [-0.1, -0.05) is 48.8 Å². The van der Waals surface area contributed by atoms with Crippen LogP contribution in [-0.2, 0) is 0 Å². The van der Waals surface area contributed by atoms with Gasteiger partial charge in [0, 0.05) is 23.1 Å². The standard InChI is InChI=1S/C15H16BrN3O3/c1-15(2,3)13(11-4-6-12(16)7-5-11)10-18-9-8-17-14(18)22-19(20)21/h4-10H,1-3H3/b13-10-. The van der Waals surface area contributed by atoms with Crippen LogP contribution >= 0.6 is 15.9 Å². The second kappa shape index (κ2) is 6.31. The van der Waals surface area contributed by atoms with Gasteiger partial charge in [0.2, 0.25) is 0 Å². The van der Waals surface area contributed by atoms with E-state index in [0.717, 1.165) is 15.6 Å². The lowest BCUT2D eigenvalue weighted by Crippen LogP contribution is -2.11. The van der Waals surface area contributed by atoms with E-state index in [1.165, 1.54) is 10.8 Å². The molecule has 7 heteroatoms. The number of aromatic nitrogens is 2. The van der Waals surface area contributed by atoms with E-state index in [9.17, 15) is 10.1 Å². The van der Waals surface area contributed by atoms with Crippen molar-refractivity contribution >= 4 is 27.7 Å². The van der Waals surface area contributed by atoms with Crippen molar-refractivity contribution in [1.82, 2.24) is 9.55 Å². The normalized spacial score (nSPS) is 12.3. The number of halogens is 1. The Morgan fingerprint density at radius 3 is 2.55 bits per heavy atom. The van der Waals surface area contributed by atoms with E-state index in [1.807, 2.05) is 24.3 Å². The van der Waals surface area contributed by atoms with Gasteiger partial charge in [0.15, 0.2) is 0 Å².